The summed E-state index contributed by atoms with van der Waals surface area (Å²) in [5.41, 5.74) is 3.14. The molecule has 0 bridgehead atoms. The number of amides is 1. The fourth-order valence-corrected chi connectivity index (χ4v) is 3.86. The Morgan fingerprint density at radius 3 is 2.86 bits per heavy atom. The Kier molecular flexibility index (Phi) is 5.29. The number of para-hydroxylation sites is 1. The summed E-state index contributed by atoms with van der Waals surface area (Å²) in [6.07, 6.45) is 3.65. The third kappa shape index (κ3) is 3.85. The van der Waals surface area contributed by atoms with Crippen LogP contribution in [0.5, 0.6) is 5.75 Å². The molecule has 4 rings (SSSR count). The van der Waals surface area contributed by atoms with Crippen LogP contribution in [0.25, 0.3) is 11.3 Å². The van der Waals surface area contributed by atoms with Gasteiger partial charge in [0.2, 0.25) is 0 Å². The fourth-order valence-electron chi connectivity index (χ4n) is 3.86. The maximum absolute atomic E-state index is 13.2. The van der Waals surface area contributed by atoms with E-state index >= 15 is 0 Å². The number of ether oxygens (including phenoxy) is 1. The second-order valence-electron chi connectivity index (χ2n) is 7.34. The standard InChI is InChI=1S/C22H24N4O3/c1-14-11-20(29-25-14)18-12-23-15(2)24-21(18)16-7-6-10-26(13-16)22(27)17-8-4-5-9-19(17)28-3/h4-5,8-9,11-12,16H,6-7,10,13H2,1-3H3. The number of hydrogen-bond donors (Lipinski definition) is 0. The topological polar surface area (TPSA) is 81.4 Å². The SMILES string of the molecule is COc1ccccc1C(=O)N1CCCC(c2nc(C)ncc2-c2cc(C)no2)C1. The Morgan fingerprint density at radius 2 is 2.10 bits per heavy atom. The van der Waals surface area contributed by atoms with Gasteiger partial charge >= 0.3 is 0 Å². The van der Waals surface area contributed by atoms with E-state index in [1.165, 1.54) is 0 Å². The molecule has 1 amide bonds. The molecule has 1 unspecified atom stereocenters. The van der Waals surface area contributed by atoms with Crippen LogP contribution in [0.3, 0.4) is 0 Å². The van der Waals surface area contributed by atoms with E-state index in [1.54, 1.807) is 13.3 Å². The number of piperidine rings is 1. The molecule has 3 heterocycles. The second-order valence-corrected chi connectivity index (χ2v) is 7.34. The van der Waals surface area contributed by atoms with Gasteiger partial charge in [-0.15, -0.1) is 0 Å². The number of carbonyl (C=O) groups excluding carboxylic acids is 1. The van der Waals surface area contributed by atoms with E-state index in [4.69, 9.17) is 14.2 Å². The summed E-state index contributed by atoms with van der Waals surface area (Å²) in [7, 11) is 1.58. The van der Waals surface area contributed by atoms with Crippen LogP contribution < -0.4 is 4.74 Å². The van der Waals surface area contributed by atoms with E-state index in [9.17, 15) is 4.79 Å². The summed E-state index contributed by atoms with van der Waals surface area (Å²) in [6.45, 7) is 5.07. The predicted octanol–water partition coefficient (Wildman–Crippen LogP) is 3.78. The highest BCUT2D eigenvalue weighted by atomic mass is 16.5. The summed E-state index contributed by atoms with van der Waals surface area (Å²) in [4.78, 5) is 24.1. The lowest BCUT2D eigenvalue weighted by Gasteiger charge is -2.33. The molecule has 1 fully saturated rings. The average Bonchev–Trinajstić information content (AvgIpc) is 3.19. The van der Waals surface area contributed by atoms with Crippen molar-refractivity contribution >= 4 is 5.91 Å². The molecule has 1 aliphatic heterocycles. The lowest BCUT2D eigenvalue weighted by atomic mass is 9.91. The van der Waals surface area contributed by atoms with Crippen molar-refractivity contribution in [3.05, 3.63) is 59.3 Å². The highest BCUT2D eigenvalue weighted by Gasteiger charge is 2.30. The van der Waals surface area contributed by atoms with Crippen LogP contribution in [0.4, 0.5) is 0 Å². The van der Waals surface area contributed by atoms with Crippen molar-refractivity contribution in [3.8, 4) is 17.1 Å². The molecule has 29 heavy (non-hydrogen) atoms. The largest absolute Gasteiger partial charge is 0.496 e. The molecular weight excluding hydrogens is 368 g/mol. The second kappa shape index (κ2) is 8.03. The maximum atomic E-state index is 13.2. The van der Waals surface area contributed by atoms with Gasteiger partial charge in [0.15, 0.2) is 5.76 Å². The molecule has 0 spiro atoms. The molecule has 150 valence electrons. The van der Waals surface area contributed by atoms with Gasteiger partial charge in [0.25, 0.3) is 5.91 Å². The zero-order chi connectivity index (χ0) is 20.4. The number of nitrogens with zero attached hydrogens (tertiary/aromatic N) is 4. The monoisotopic (exact) mass is 392 g/mol. The van der Waals surface area contributed by atoms with E-state index in [-0.39, 0.29) is 11.8 Å². The zero-order valence-electron chi connectivity index (χ0n) is 16.9. The van der Waals surface area contributed by atoms with Crippen LogP contribution in [0.2, 0.25) is 0 Å². The molecule has 1 saturated heterocycles. The summed E-state index contributed by atoms with van der Waals surface area (Å²) >= 11 is 0. The van der Waals surface area contributed by atoms with E-state index < -0.39 is 0 Å². The van der Waals surface area contributed by atoms with Gasteiger partial charge in [0, 0.05) is 31.3 Å². The first-order valence-corrected chi connectivity index (χ1v) is 9.76. The first-order valence-electron chi connectivity index (χ1n) is 9.76. The Bertz CT molecular complexity index is 1030. The summed E-state index contributed by atoms with van der Waals surface area (Å²) in [5.74, 6) is 2.04. The lowest BCUT2D eigenvalue weighted by Crippen LogP contribution is -2.39. The Morgan fingerprint density at radius 1 is 1.28 bits per heavy atom. The van der Waals surface area contributed by atoms with E-state index in [1.807, 2.05) is 49.1 Å². The maximum Gasteiger partial charge on any atom is 0.257 e. The fraction of sp³-hybridized carbons (Fsp3) is 0.364. The number of carbonyl (C=O) groups is 1. The summed E-state index contributed by atoms with van der Waals surface area (Å²) in [5, 5.41) is 3.99. The Hall–Kier alpha value is -3.22. The molecule has 1 atom stereocenters. The number of aryl methyl sites for hydroxylation is 2. The first-order chi connectivity index (χ1) is 14.1. The normalized spacial score (nSPS) is 16.7. The first kappa shape index (κ1) is 19.1. The average molecular weight is 392 g/mol. The molecule has 7 heteroatoms. The van der Waals surface area contributed by atoms with E-state index in [0.29, 0.717) is 36.0 Å². The minimum absolute atomic E-state index is 0.0185. The molecule has 0 radical (unpaired) electrons. The number of rotatable bonds is 4. The van der Waals surface area contributed by atoms with Gasteiger partial charge < -0.3 is 14.2 Å². The molecule has 2 aromatic heterocycles. The van der Waals surface area contributed by atoms with Gasteiger partial charge in [-0.1, -0.05) is 17.3 Å². The van der Waals surface area contributed by atoms with Gasteiger partial charge in [-0.05, 0) is 38.8 Å². The van der Waals surface area contributed by atoms with Gasteiger partial charge in [0.1, 0.15) is 11.6 Å². The van der Waals surface area contributed by atoms with Gasteiger partial charge in [-0.25, -0.2) is 9.97 Å². The molecule has 1 aromatic carbocycles. The number of likely N-dealkylation sites (tertiary alicyclic amines) is 1. The van der Waals surface area contributed by atoms with Crippen molar-refractivity contribution < 1.29 is 14.1 Å². The number of aromatic nitrogens is 3. The smallest absolute Gasteiger partial charge is 0.257 e. The van der Waals surface area contributed by atoms with Crippen molar-refractivity contribution in [3.63, 3.8) is 0 Å². The van der Waals surface area contributed by atoms with Crippen LogP contribution in [0.15, 0.2) is 41.1 Å². The molecule has 1 aliphatic rings. The van der Waals surface area contributed by atoms with Crippen LogP contribution in [0.1, 0.15) is 46.3 Å². The zero-order valence-corrected chi connectivity index (χ0v) is 16.9. The predicted molar refractivity (Wildman–Crippen MR) is 108 cm³/mol. The Balaban J connectivity index is 1.64. The molecule has 7 nitrogen and oxygen atoms in total. The molecule has 0 aliphatic carbocycles. The highest BCUT2D eigenvalue weighted by molar-refractivity contribution is 5.97. The third-order valence-corrected chi connectivity index (χ3v) is 5.26. The van der Waals surface area contributed by atoms with Gasteiger partial charge in [-0.3, -0.25) is 4.79 Å². The number of hydrogen-bond acceptors (Lipinski definition) is 6. The summed E-state index contributed by atoms with van der Waals surface area (Å²) in [6, 6.07) is 9.23. The van der Waals surface area contributed by atoms with Crippen LogP contribution in [-0.4, -0.2) is 46.1 Å². The van der Waals surface area contributed by atoms with Crippen molar-refractivity contribution in [2.45, 2.75) is 32.6 Å². The molecule has 3 aromatic rings. The molecule has 0 saturated carbocycles. The minimum atomic E-state index is -0.0185. The van der Waals surface area contributed by atoms with Crippen LogP contribution in [0, 0.1) is 13.8 Å². The van der Waals surface area contributed by atoms with Crippen molar-refractivity contribution in [2.24, 2.45) is 0 Å². The van der Waals surface area contributed by atoms with Gasteiger partial charge in [0.05, 0.1) is 29.6 Å². The number of methoxy groups -OCH3 is 1. The third-order valence-electron chi connectivity index (χ3n) is 5.26. The Labute approximate surface area is 169 Å². The van der Waals surface area contributed by atoms with Crippen LogP contribution in [-0.2, 0) is 0 Å². The van der Waals surface area contributed by atoms with E-state index in [0.717, 1.165) is 29.8 Å². The minimum Gasteiger partial charge on any atom is -0.496 e. The molecule has 0 N–H and O–H groups in total. The van der Waals surface area contributed by atoms with Crippen molar-refractivity contribution in [1.82, 2.24) is 20.0 Å². The van der Waals surface area contributed by atoms with Crippen molar-refractivity contribution in [2.75, 3.05) is 20.2 Å². The van der Waals surface area contributed by atoms with Crippen molar-refractivity contribution in [1.29, 1.82) is 0 Å². The summed E-state index contributed by atoms with van der Waals surface area (Å²) < 4.78 is 10.8. The van der Waals surface area contributed by atoms with Gasteiger partial charge in [-0.2, -0.15) is 0 Å². The molecular formula is C22H24N4O3. The quantitative estimate of drug-likeness (QED) is 0.672. The highest BCUT2D eigenvalue weighted by Crippen LogP contribution is 2.34. The van der Waals surface area contributed by atoms with Crippen LogP contribution >= 0.6 is 0 Å². The number of benzene rings is 1. The van der Waals surface area contributed by atoms with E-state index in [2.05, 4.69) is 10.1 Å². The lowest BCUT2D eigenvalue weighted by molar-refractivity contribution is 0.0702.